The van der Waals surface area contributed by atoms with Gasteiger partial charge in [0.1, 0.15) is 11.6 Å². The highest BCUT2D eigenvalue weighted by atomic mass is 19.1. The van der Waals surface area contributed by atoms with E-state index in [4.69, 9.17) is 0 Å². The molecular weight excluding hydrogens is 269 g/mol. The summed E-state index contributed by atoms with van der Waals surface area (Å²) in [5.41, 5.74) is 2.85. The number of carbonyl (C=O) groups excluding carboxylic acids is 1. The van der Waals surface area contributed by atoms with E-state index < -0.39 is 0 Å². The number of carbonyl (C=O) groups is 1. The summed E-state index contributed by atoms with van der Waals surface area (Å²) in [5, 5.41) is 2.64. The lowest BCUT2D eigenvalue weighted by Gasteiger charge is -2.09. The Morgan fingerprint density at radius 2 is 1.90 bits per heavy atom. The third-order valence-corrected chi connectivity index (χ3v) is 3.33. The van der Waals surface area contributed by atoms with Gasteiger partial charge in [0, 0.05) is 6.54 Å². The van der Waals surface area contributed by atoms with E-state index in [1.54, 1.807) is 12.1 Å². The van der Waals surface area contributed by atoms with Crippen LogP contribution in [0.4, 0.5) is 4.39 Å². The number of amides is 1. The molecule has 0 fully saturated rings. The summed E-state index contributed by atoms with van der Waals surface area (Å²) < 4.78 is 15.0. The molecule has 0 radical (unpaired) electrons. The number of aromatic nitrogens is 2. The number of nitrogens with one attached hydrogen (secondary N) is 1. The summed E-state index contributed by atoms with van der Waals surface area (Å²) in [6.07, 6.45) is 0.654. The predicted molar refractivity (Wildman–Crippen MR) is 78.1 cm³/mol. The molecule has 0 aliphatic rings. The van der Waals surface area contributed by atoms with Gasteiger partial charge in [-0.15, -0.1) is 0 Å². The lowest BCUT2D eigenvalue weighted by molar-refractivity contribution is -0.109. The van der Waals surface area contributed by atoms with Crippen molar-refractivity contribution in [3.8, 4) is 0 Å². The highest BCUT2D eigenvalue weighted by Crippen LogP contribution is 2.18. The number of halogens is 1. The number of benzene rings is 2. The Bertz CT molecular complexity index is 765. The van der Waals surface area contributed by atoms with Crippen molar-refractivity contribution in [1.29, 1.82) is 0 Å². The van der Waals surface area contributed by atoms with E-state index in [2.05, 4.69) is 10.3 Å². The summed E-state index contributed by atoms with van der Waals surface area (Å²) >= 11 is 0. The molecule has 1 N–H and O–H groups in total. The number of hydrogen-bond acceptors (Lipinski definition) is 2. The van der Waals surface area contributed by atoms with Gasteiger partial charge < -0.3 is 9.88 Å². The Balaban J connectivity index is 2.01. The second kappa shape index (κ2) is 5.75. The van der Waals surface area contributed by atoms with Gasteiger partial charge in [0.05, 0.1) is 17.6 Å². The van der Waals surface area contributed by atoms with Crippen molar-refractivity contribution in [2.75, 3.05) is 0 Å². The number of nitrogens with zero attached hydrogens (tertiary/aromatic N) is 2. The zero-order valence-electron chi connectivity index (χ0n) is 11.3. The van der Waals surface area contributed by atoms with Gasteiger partial charge in [-0.2, -0.15) is 0 Å². The fourth-order valence-corrected chi connectivity index (χ4v) is 2.34. The van der Waals surface area contributed by atoms with Gasteiger partial charge in [0.15, 0.2) is 0 Å². The maximum absolute atomic E-state index is 13.0. The number of hydrogen-bond donors (Lipinski definition) is 1. The fourth-order valence-electron chi connectivity index (χ4n) is 2.34. The molecule has 0 aliphatic heterocycles. The van der Waals surface area contributed by atoms with Crippen molar-refractivity contribution in [3.05, 3.63) is 65.7 Å². The molecule has 1 amide bonds. The molecule has 4 nitrogen and oxygen atoms in total. The van der Waals surface area contributed by atoms with Crippen molar-refractivity contribution in [3.63, 3.8) is 0 Å². The Morgan fingerprint density at radius 3 is 2.67 bits per heavy atom. The topological polar surface area (TPSA) is 46.9 Å². The van der Waals surface area contributed by atoms with Crippen LogP contribution >= 0.6 is 0 Å². The Kier molecular flexibility index (Phi) is 3.64. The molecule has 106 valence electrons. The highest BCUT2D eigenvalue weighted by molar-refractivity contribution is 5.76. The lowest BCUT2D eigenvalue weighted by Crippen LogP contribution is -2.15. The third-order valence-electron chi connectivity index (χ3n) is 3.33. The van der Waals surface area contributed by atoms with Gasteiger partial charge in [-0.1, -0.05) is 24.3 Å². The first kappa shape index (κ1) is 13.3. The predicted octanol–water partition coefficient (Wildman–Crippen LogP) is 2.47. The minimum absolute atomic E-state index is 0.253. The first-order valence-corrected chi connectivity index (χ1v) is 6.63. The van der Waals surface area contributed by atoms with Gasteiger partial charge in [0.2, 0.25) is 6.41 Å². The van der Waals surface area contributed by atoms with Gasteiger partial charge in [-0.25, -0.2) is 9.37 Å². The number of rotatable bonds is 5. The molecule has 0 saturated heterocycles. The summed E-state index contributed by atoms with van der Waals surface area (Å²) in [5.74, 6) is 0.518. The van der Waals surface area contributed by atoms with E-state index in [0.717, 1.165) is 22.4 Å². The average Bonchev–Trinajstić information content (AvgIpc) is 2.85. The molecule has 21 heavy (non-hydrogen) atoms. The van der Waals surface area contributed by atoms with Crippen molar-refractivity contribution in [1.82, 2.24) is 14.9 Å². The quantitative estimate of drug-likeness (QED) is 0.731. The molecule has 0 unspecified atom stereocenters. The fraction of sp³-hybridized carbons (Fsp3) is 0.125. The maximum atomic E-state index is 13.0. The van der Waals surface area contributed by atoms with Crippen LogP contribution in [0.3, 0.4) is 0 Å². The van der Waals surface area contributed by atoms with Gasteiger partial charge in [-0.3, -0.25) is 4.79 Å². The Morgan fingerprint density at radius 1 is 1.14 bits per heavy atom. The second-order valence-corrected chi connectivity index (χ2v) is 4.73. The lowest BCUT2D eigenvalue weighted by atomic mass is 10.2. The van der Waals surface area contributed by atoms with E-state index in [1.807, 2.05) is 28.8 Å². The molecule has 3 rings (SSSR count). The summed E-state index contributed by atoms with van der Waals surface area (Å²) in [7, 11) is 0. The standard InChI is InChI=1S/C16H14FN3O/c17-13-7-5-12(6-8-13)10-20-15-4-2-1-3-14(15)19-16(20)9-18-11-21/h1-8,11H,9-10H2,(H,18,21). The SMILES string of the molecule is O=CNCc1nc2ccccc2n1Cc1ccc(F)cc1. The van der Waals surface area contributed by atoms with Crippen LogP contribution in [0.25, 0.3) is 11.0 Å². The van der Waals surface area contributed by atoms with Gasteiger partial charge in [-0.05, 0) is 29.8 Å². The maximum Gasteiger partial charge on any atom is 0.207 e. The summed E-state index contributed by atoms with van der Waals surface area (Å²) in [6, 6.07) is 14.2. The molecule has 0 saturated carbocycles. The monoisotopic (exact) mass is 283 g/mol. The molecule has 0 spiro atoms. The normalized spacial score (nSPS) is 10.7. The van der Waals surface area contributed by atoms with Crippen LogP contribution in [-0.4, -0.2) is 16.0 Å². The van der Waals surface area contributed by atoms with Gasteiger partial charge in [0.25, 0.3) is 0 Å². The van der Waals surface area contributed by atoms with Crippen molar-refractivity contribution >= 4 is 17.4 Å². The molecule has 5 heteroatoms. The van der Waals surface area contributed by atoms with Crippen LogP contribution in [0.5, 0.6) is 0 Å². The van der Waals surface area contributed by atoms with Crippen LogP contribution in [0, 0.1) is 5.82 Å². The average molecular weight is 283 g/mol. The molecule has 0 atom stereocenters. The number of para-hydroxylation sites is 2. The largest absolute Gasteiger partial charge is 0.351 e. The highest BCUT2D eigenvalue weighted by Gasteiger charge is 2.10. The summed E-state index contributed by atoms with van der Waals surface area (Å²) in [6.45, 7) is 0.941. The third kappa shape index (κ3) is 2.76. The minimum atomic E-state index is -0.253. The van der Waals surface area contributed by atoms with Crippen LogP contribution in [0.1, 0.15) is 11.4 Å². The minimum Gasteiger partial charge on any atom is -0.351 e. The Hall–Kier alpha value is -2.69. The van der Waals surface area contributed by atoms with Crippen molar-refractivity contribution in [2.24, 2.45) is 0 Å². The zero-order chi connectivity index (χ0) is 14.7. The van der Waals surface area contributed by atoms with E-state index >= 15 is 0 Å². The van der Waals surface area contributed by atoms with E-state index in [0.29, 0.717) is 19.5 Å². The second-order valence-electron chi connectivity index (χ2n) is 4.73. The Labute approximate surface area is 121 Å². The molecule has 1 aromatic heterocycles. The molecule has 0 aliphatic carbocycles. The number of imidazole rings is 1. The summed E-state index contributed by atoms with van der Waals surface area (Å²) in [4.78, 5) is 15.0. The smallest absolute Gasteiger partial charge is 0.207 e. The number of fused-ring (bicyclic) bond motifs is 1. The van der Waals surface area contributed by atoms with E-state index in [-0.39, 0.29) is 5.82 Å². The van der Waals surface area contributed by atoms with E-state index in [9.17, 15) is 9.18 Å². The van der Waals surface area contributed by atoms with Crippen LogP contribution < -0.4 is 5.32 Å². The first-order chi connectivity index (χ1) is 10.3. The van der Waals surface area contributed by atoms with Crippen LogP contribution in [-0.2, 0) is 17.9 Å². The van der Waals surface area contributed by atoms with Crippen LogP contribution in [0.15, 0.2) is 48.5 Å². The van der Waals surface area contributed by atoms with Crippen LogP contribution in [0.2, 0.25) is 0 Å². The zero-order valence-corrected chi connectivity index (χ0v) is 11.3. The molecular formula is C16H14FN3O. The van der Waals surface area contributed by atoms with Crippen molar-refractivity contribution < 1.29 is 9.18 Å². The van der Waals surface area contributed by atoms with E-state index in [1.165, 1.54) is 12.1 Å². The molecule has 0 bridgehead atoms. The van der Waals surface area contributed by atoms with Crippen molar-refractivity contribution in [2.45, 2.75) is 13.1 Å². The first-order valence-electron chi connectivity index (χ1n) is 6.63. The molecule has 1 heterocycles. The molecule has 3 aromatic rings. The molecule has 2 aromatic carbocycles. The van der Waals surface area contributed by atoms with Gasteiger partial charge >= 0.3 is 0 Å².